The molecule has 126 valence electrons. The number of carbonyl (C=O) groups excluding carboxylic acids is 1. The molecule has 0 amide bonds. The maximum Gasteiger partial charge on any atom is 0.233 e. The van der Waals surface area contributed by atoms with Crippen LogP contribution in [0, 0.1) is 30.6 Å². The second-order valence-corrected chi connectivity index (χ2v) is 9.63. The van der Waals surface area contributed by atoms with E-state index in [4.69, 9.17) is 0 Å². The highest BCUT2D eigenvalue weighted by Crippen LogP contribution is 2.64. The van der Waals surface area contributed by atoms with Crippen molar-refractivity contribution >= 4 is 21.5 Å². The molecule has 23 heavy (non-hydrogen) atoms. The van der Waals surface area contributed by atoms with Gasteiger partial charge in [-0.1, -0.05) is 19.9 Å². The second-order valence-electron chi connectivity index (χ2n) is 7.90. The minimum atomic E-state index is -3.57. The molecule has 0 radical (unpaired) electrons. The van der Waals surface area contributed by atoms with Gasteiger partial charge in [0.1, 0.15) is 5.78 Å². The lowest BCUT2D eigenvalue weighted by molar-refractivity contribution is -0.128. The van der Waals surface area contributed by atoms with Gasteiger partial charge in [0, 0.05) is 12.1 Å². The van der Waals surface area contributed by atoms with Crippen molar-refractivity contribution in [3.63, 3.8) is 0 Å². The highest BCUT2D eigenvalue weighted by molar-refractivity contribution is 7.92. The van der Waals surface area contributed by atoms with E-state index in [1.165, 1.54) is 0 Å². The summed E-state index contributed by atoms with van der Waals surface area (Å²) in [4.78, 5) is 12.5. The molecule has 5 heteroatoms. The Labute approximate surface area is 138 Å². The molecule has 2 saturated carbocycles. The summed E-state index contributed by atoms with van der Waals surface area (Å²) in [5.41, 5.74) is 1.65. The fraction of sp³-hybridized carbons (Fsp3) is 0.611. The largest absolute Gasteiger partial charge is 0.299 e. The first kappa shape index (κ1) is 16.5. The molecule has 0 aliphatic heterocycles. The second kappa shape index (κ2) is 5.07. The number of hydrogen-bond donors (Lipinski definition) is 1. The maximum absolute atomic E-state index is 12.7. The van der Waals surface area contributed by atoms with Crippen LogP contribution in [0.3, 0.4) is 0 Å². The summed E-state index contributed by atoms with van der Waals surface area (Å²) in [7, 11) is -3.57. The van der Waals surface area contributed by atoms with Crippen molar-refractivity contribution in [1.29, 1.82) is 0 Å². The molecule has 1 aromatic carbocycles. The highest BCUT2D eigenvalue weighted by Gasteiger charge is 2.65. The molecule has 2 aliphatic carbocycles. The third-order valence-corrected chi connectivity index (χ3v) is 7.49. The van der Waals surface area contributed by atoms with Gasteiger partial charge in [0.2, 0.25) is 10.0 Å². The van der Waals surface area contributed by atoms with E-state index in [0.29, 0.717) is 24.4 Å². The van der Waals surface area contributed by atoms with E-state index >= 15 is 0 Å². The summed E-state index contributed by atoms with van der Waals surface area (Å²) in [5.74, 6) is 0.353. The van der Waals surface area contributed by atoms with E-state index < -0.39 is 15.4 Å². The van der Waals surface area contributed by atoms with Gasteiger partial charge in [0.05, 0.1) is 11.2 Å². The zero-order chi connectivity index (χ0) is 17.0. The van der Waals surface area contributed by atoms with Gasteiger partial charge in [-0.25, -0.2) is 8.42 Å². The smallest absolute Gasteiger partial charge is 0.233 e. The van der Waals surface area contributed by atoms with Gasteiger partial charge in [0.15, 0.2) is 0 Å². The first-order valence-corrected chi connectivity index (χ1v) is 9.83. The molecular formula is C18H25NO3S. The maximum atomic E-state index is 12.7. The Morgan fingerprint density at radius 2 is 1.78 bits per heavy atom. The Balaban J connectivity index is 1.88. The van der Waals surface area contributed by atoms with Crippen LogP contribution in [-0.4, -0.2) is 20.0 Å². The fourth-order valence-electron chi connectivity index (χ4n) is 4.68. The van der Waals surface area contributed by atoms with E-state index in [1.54, 1.807) is 0 Å². The molecule has 0 unspecified atom stereocenters. The van der Waals surface area contributed by atoms with Gasteiger partial charge < -0.3 is 0 Å². The number of carbonyl (C=O) groups is 1. The number of hydrogen-bond acceptors (Lipinski definition) is 3. The van der Waals surface area contributed by atoms with E-state index in [0.717, 1.165) is 17.5 Å². The minimum absolute atomic E-state index is 0.102. The number of rotatable bonds is 4. The molecule has 4 nitrogen and oxygen atoms in total. The van der Waals surface area contributed by atoms with Gasteiger partial charge in [0.25, 0.3) is 0 Å². The van der Waals surface area contributed by atoms with Gasteiger partial charge in [-0.2, -0.15) is 0 Å². The van der Waals surface area contributed by atoms with E-state index in [9.17, 15) is 13.2 Å². The van der Waals surface area contributed by atoms with Gasteiger partial charge in [-0.3, -0.25) is 9.52 Å². The summed E-state index contributed by atoms with van der Waals surface area (Å²) < 4.78 is 28.1. The molecule has 2 fully saturated rings. The first-order valence-electron chi connectivity index (χ1n) is 8.18. The number of ketones is 1. The van der Waals surface area contributed by atoms with Crippen LogP contribution in [0.15, 0.2) is 18.2 Å². The van der Waals surface area contributed by atoms with Crippen LogP contribution < -0.4 is 4.72 Å². The number of Topliss-reactive ketones (excluding diaryl/α,β-unsaturated/α-hetero) is 1. The Morgan fingerprint density at radius 3 is 2.26 bits per heavy atom. The third kappa shape index (κ3) is 2.59. The van der Waals surface area contributed by atoms with Gasteiger partial charge >= 0.3 is 0 Å². The van der Waals surface area contributed by atoms with Crippen molar-refractivity contribution in [2.24, 2.45) is 16.7 Å². The SMILES string of the molecule is Cc1cc(C)cc(NS(=O)(=O)C[C@]23CC[C@@H](CC2=O)C3(C)C)c1. The van der Waals surface area contributed by atoms with E-state index in [-0.39, 0.29) is 17.0 Å². The summed E-state index contributed by atoms with van der Waals surface area (Å²) >= 11 is 0. The average molecular weight is 335 g/mol. The number of fused-ring (bicyclic) bond motifs is 2. The van der Waals surface area contributed by atoms with Crippen molar-refractivity contribution in [1.82, 2.24) is 0 Å². The van der Waals surface area contributed by atoms with Gasteiger partial charge in [-0.05, 0) is 61.3 Å². The van der Waals surface area contributed by atoms with Crippen molar-refractivity contribution in [3.05, 3.63) is 29.3 Å². The summed E-state index contributed by atoms with van der Waals surface area (Å²) in [5, 5.41) is 0. The molecule has 0 spiro atoms. The van der Waals surface area contributed by atoms with Crippen molar-refractivity contribution in [2.75, 3.05) is 10.5 Å². The van der Waals surface area contributed by atoms with Gasteiger partial charge in [-0.15, -0.1) is 0 Å². The normalized spacial score (nSPS) is 29.0. The topological polar surface area (TPSA) is 63.2 Å². The van der Waals surface area contributed by atoms with Crippen LogP contribution in [0.2, 0.25) is 0 Å². The molecule has 2 bridgehead atoms. The van der Waals surface area contributed by atoms with E-state index in [2.05, 4.69) is 18.6 Å². The van der Waals surface area contributed by atoms with Crippen molar-refractivity contribution < 1.29 is 13.2 Å². The lowest BCUT2D eigenvalue weighted by Crippen LogP contribution is -2.43. The predicted molar refractivity (Wildman–Crippen MR) is 91.9 cm³/mol. The van der Waals surface area contributed by atoms with Crippen LogP contribution in [0.5, 0.6) is 0 Å². The monoisotopic (exact) mass is 335 g/mol. The zero-order valence-electron chi connectivity index (χ0n) is 14.3. The average Bonchev–Trinajstić information content (AvgIpc) is 2.70. The molecule has 0 saturated heterocycles. The summed E-state index contributed by atoms with van der Waals surface area (Å²) in [6.45, 7) is 7.99. The number of benzene rings is 1. The fourth-order valence-corrected chi connectivity index (χ4v) is 6.56. The van der Waals surface area contributed by atoms with Crippen molar-refractivity contribution in [2.45, 2.75) is 47.0 Å². The molecule has 1 N–H and O–H groups in total. The lowest BCUT2D eigenvalue weighted by Gasteiger charge is -2.36. The number of aryl methyl sites for hydroxylation is 2. The number of sulfonamides is 1. The summed E-state index contributed by atoms with van der Waals surface area (Å²) in [6.07, 6.45) is 2.18. The molecule has 1 aromatic rings. The number of anilines is 1. The Kier molecular flexibility index (Phi) is 3.63. The Hall–Kier alpha value is -1.36. The first-order chi connectivity index (χ1) is 10.6. The van der Waals surface area contributed by atoms with E-state index in [1.807, 2.05) is 32.0 Å². The molecule has 3 rings (SSSR count). The van der Waals surface area contributed by atoms with Crippen LogP contribution >= 0.6 is 0 Å². The Bertz CT molecular complexity index is 746. The summed E-state index contributed by atoms with van der Waals surface area (Å²) in [6, 6.07) is 5.64. The van der Waals surface area contributed by atoms with Crippen LogP contribution in [-0.2, 0) is 14.8 Å². The third-order valence-electron chi connectivity index (χ3n) is 6.07. The molecular weight excluding hydrogens is 310 g/mol. The lowest BCUT2D eigenvalue weighted by atomic mass is 9.70. The standard InChI is InChI=1S/C18H25NO3S/c1-12-7-13(2)9-15(8-12)19-23(21,22)11-18-6-5-14(10-16(18)20)17(18,3)4/h7-9,14,19H,5-6,10-11H2,1-4H3/t14-,18+/m0/s1. The molecule has 2 aliphatic rings. The Morgan fingerprint density at radius 1 is 1.17 bits per heavy atom. The van der Waals surface area contributed by atoms with Crippen LogP contribution in [0.4, 0.5) is 5.69 Å². The molecule has 2 atom stereocenters. The molecule has 0 aromatic heterocycles. The minimum Gasteiger partial charge on any atom is -0.299 e. The zero-order valence-corrected chi connectivity index (χ0v) is 15.1. The van der Waals surface area contributed by atoms with Crippen LogP contribution in [0.25, 0.3) is 0 Å². The predicted octanol–water partition coefficient (Wildman–Crippen LogP) is 3.44. The highest BCUT2D eigenvalue weighted by atomic mass is 32.2. The van der Waals surface area contributed by atoms with Crippen LogP contribution in [0.1, 0.15) is 44.2 Å². The van der Waals surface area contributed by atoms with Crippen molar-refractivity contribution in [3.8, 4) is 0 Å². The quantitative estimate of drug-likeness (QED) is 0.917. The molecule has 0 heterocycles. The number of nitrogens with one attached hydrogen (secondary N) is 1.